The molecule has 0 saturated heterocycles. The Labute approximate surface area is 183 Å². The molecule has 7 nitrogen and oxygen atoms in total. The number of halogens is 1. The van der Waals surface area contributed by atoms with Crippen LogP contribution < -0.4 is 15.6 Å². The molecule has 0 radical (unpaired) electrons. The molecule has 8 heteroatoms. The molecule has 2 heterocycles. The van der Waals surface area contributed by atoms with Gasteiger partial charge >= 0.3 is 0 Å². The standard InChI is InChI=1S/C23H21ClN4O3/c1-27-12-18(15-7-5-8-17(10-15)31-2)21-22(27)23(30)28(14-26-21)13-20(29)25-11-16-6-3-4-9-19(16)24/h3-10,12,14H,11,13H2,1-2H3,(H,25,29). The van der Waals surface area contributed by atoms with E-state index in [1.807, 2.05) is 48.7 Å². The first kappa shape index (κ1) is 20.7. The highest BCUT2D eigenvalue weighted by Crippen LogP contribution is 2.29. The quantitative estimate of drug-likeness (QED) is 0.502. The molecule has 0 aliphatic carbocycles. The fraction of sp³-hybridized carbons (Fsp3) is 0.174. The molecule has 0 bridgehead atoms. The summed E-state index contributed by atoms with van der Waals surface area (Å²) in [5, 5.41) is 3.37. The van der Waals surface area contributed by atoms with Crippen LogP contribution in [0.4, 0.5) is 0 Å². The third-order valence-corrected chi connectivity index (χ3v) is 5.44. The second kappa shape index (κ2) is 8.65. The lowest BCUT2D eigenvalue weighted by atomic mass is 10.1. The number of hydrogen-bond acceptors (Lipinski definition) is 4. The Hall–Kier alpha value is -3.58. The van der Waals surface area contributed by atoms with Gasteiger partial charge in [0.25, 0.3) is 5.56 Å². The minimum Gasteiger partial charge on any atom is -0.497 e. The smallest absolute Gasteiger partial charge is 0.278 e. The zero-order valence-corrected chi connectivity index (χ0v) is 17.9. The number of fused-ring (bicyclic) bond motifs is 1. The lowest BCUT2D eigenvalue weighted by molar-refractivity contribution is -0.121. The first-order valence-electron chi connectivity index (χ1n) is 9.67. The largest absolute Gasteiger partial charge is 0.497 e. The molecule has 31 heavy (non-hydrogen) atoms. The topological polar surface area (TPSA) is 78.1 Å². The summed E-state index contributed by atoms with van der Waals surface area (Å²) < 4.78 is 8.34. The maximum atomic E-state index is 13.1. The van der Waals surface area contributed by atoms with Crippen molar-refractivity contribution in [2.24, 2.45) is 7.05 Å². The van der Waals surface area contributed by atoms with Crippen LogP contribution in [0.15, 0.2) is 65.8 Å². The van der Waals surface area contributed by atoms with E-state index in [2.05, 4.69) is 10.3 Å². The van der Waals surface area contributed by atoms with Crippen LogP contribution >= 0.6 is 11.6 Å². The van der Waals surface area contributed by atoms with Crippen LogP contribution in [0.25, 0.3) is 22.2 Å². The monoisotopic (exact) mass is 436 g/mol. The minimum atomic E-state index is -0.301. The van der Waals surface area contributed by atoms with Crippen LogP contribution in [-0.4, -0.2) is 27.1 Å². The molecule has 0 saturated carbocycles. The highest BCUT2D eigenvalue weighted by Gasteiger charge is 2.16. The molecular weight excluding hydrogens is 416 g/mol. The average Bonchev–Trinajstić information content (AvgIpc) is 3.12. The summed E-state index contributed by atoms with van der Waals surface area (Å²) in [4.78, 5) is 29.9. The van der Waals surface area contributed by atoms with Crippen molar-refractivity contribution in [3.05, 3.63) is 82.0 Å². The van der Waals surface area contributed by atoms with E-state index in [0.29, 0.717) is 16.1 Å². The molecule has 2 aromatic heterocycles. The van der Waals surface area contributed by atoms with Gasteiger partial charge in [-0.25, -0.2) is 4.98 Å². The molecule has 4 aromatic rings. The van der Waals surface area contributed by atoms with Gasteiger partial charge in [-0.1, -0.05) is 41.9 Å². The summed E-state index contributed by atoms with van der Waals surface area (Å²) in [6.45, 7) is 0.152. The van der Waals surface area contributed by atoms with E-state index in [0.717, 1.165) is 22.4 Å². The number of aromatic nitrogens is 3. The van der Waals surface area contributed by atoms with Gasteiger partial charge in [-0.05, 0) is 29.3 Å². The number of rotatable bonds is 6. The van der Waals surface area contributed by atoms with Crippen molar-refractivity contribution in [2.45, 2.75) is 13.1 Å². The van der Waals surface area contributed by atoms with Gasteiger partial charge in [0.15, 0.2) is 0 Å². The van der Waals surface area contributed by atoms with Crippen LogP contribution in [-0.2, 0) is 24.9 Å². The van der Waals surface area contributed by atoms with E-state index >= 15 is 0 Å². The van der Waals surface area contributed by atoms with Crippen molar-refractivity contribution < 1.29 is 9.53 Å². The summed E-state index contributed by atoms with van der Waals surface area (Å²) in [7, 11) is 3.40. The molecule has 0 spiro atoms. The van der Waals surface area contributed by atoms with Crippen molar-refractivity contribution in [2.75, 3.05) is 7.11 Å². The van der Waals surface area contributed by atoms with Crippen molar-refractivity contribution in [3.63, 3.8) is 0 Å². The maximum Gasteiger partial charge on any atom is 0.278 e. The van der Waals surface area contributed by atoms with E-state index < -0.39 is 0 Å². The molecule has 2 aromatic carbocycles. The second-order valence-electron chi connectivity index (χ2n) is 7.13. The maximum absolute atomic E-state index is 13.1. The van der Waals surface area contributed by atoms with Crippen molar-refractivity contribution in [3.8, 4) is 16.9 Å². The fourth-order valence-electron chi connectivity index (χ4n) is 3.47. The normalized spacial score (nSPS) is 10.9. The number of carbonyl (C=O) groups is 1. The number of hydrogen-bond donors (Lipinski definition) is 1. The first-order chi connectivity index (χ1) is 15.0. The Balaban J connectivity index is 1.60. The number of ether oxygens (including phenoxy) is 1. The summed E-state index contributed by atoms with van der Waals surface area (Å²) >= 11 is 6.12. The lowest BCUT2D eigenvalue weighted by Crippen LogP contribution is -2.32. The van der Waals surface area contributed by atoms with Gasteiger partial charge in [-0.3, -0.25) is 14.2 Å². The summed E-state index contributed by atoms with van der Waals surface area (Å²) in [5.41, 5.74) is 3.25. The highest BCUT2D eigenvalue weighted by molar-refractivity contribution is 6.31. The molecule has 0 fully saturated rings. The number of carbonyl (C=O) groups excluding carboxylic acids is 1. The zero-order chi connectivity index (χ0) is 22.0. The third kappa shape index (κ3) is 4.18. The second-order valence-corrected chi connectivity index (χ2v) is 7.54. The molecule has 0 atom stereocenters. The first-order valence-corrected chi connectivity index (χ1v) is 10.0. The summed E-state index contributed by atoms with van der Waals surface area (Å²) in [6.07, 6.45) is 3.26. The molecule has 0 aliphatic heterocycles. The molecule has 158 valence electrons. The SMILES string of the molecule is COc1cccc(-c2cn(C)c3c(=O)n(CC(=O)NCc4ccccc4Cl)cnc23)c1. The van der Waals surface area contributed by atoms with Crippen LogP contribution in [0.1, 0.15) is 5.56 Å². The number of nitrogens with zero attached hydrogens (tertiary/aromatic N) is 3. The Morgan fingerprint density at radius 3 is 2.77 bits per heavy atom. The summed E-state index contributed by atoms with van der Waals surface area (Å²) in [6, 6.07) is 14.9. The van der Waals surface area contributed by atoms with Gasteiger partial charge in [-0.2, -0.15) is 0 Å². The zero-order valence-electron chi connectivity index (χ0n) is 17.1. The van der Waals surface area contributed by atoms with Gasteiger partial charge in [0.05, 0.1) is 13.4 Å². The number of amides is 1. The molecule has 1 amide bonds. The Morgan fingerprint density at radius 2 is 2.00 bits per heavy atom. The van der Waals surface area contributed by atoms with E-state index in [9.17, 15) is 9.59 Å². The molecule has 1 N–H and O–H groups in total. The van der Waals surface area contributed by atoms with E-state index in [1.165, 1.54) is 10.9 Å². The Bertz CT molecular complexity index is 1330. The van der Waals surface area contributed by atoms with Gasteiger partial charge in [0.2, 0.25) is 5.91 Å². The number of benzene rings is 2. The van der Waals surface area contributed by atoms with Gasteiger partial charge in [0.1, 0.15) is 23.3 Å². The van der Waals surface area contributed by atoms with Gasteiger partial charge in [0, 0.05) is 30.4 Å². The van der Waals surface area contributed by atoms with E-state index in [1.54, 1.807) is 24.8 Å². The predicted molar refractivity (Wildman–Crippen MR) is 120 cm³/mol. The predicted octanol–water partition coefficient (Wildman–Crippen LogP) is 3.38. The Kier molecular flexibility index (Phi) is 5.77. The summed E-state index contributed by atoms with van der Waals surface area (Å²) in [5.74, 6) is 0.420. The van der Waals surface area contributed by atoms with Gasteiger partial charge < -0.3 is 14.6 Å². The van der Waals surface area contributed by atoms with Crippen LogP contribution in [0.5, 0.6) is 5.75 Å². The minimum absolute atomic E-state index is 0.133. The van der Waals surface area contributed by atoms with Crippen LogP contribution in [0, 0.1) is 0 Å². The van der Waals surface area contributed by atoms with Gasteiger partial charge in [-0.15, -0.1) is 0 Å². The average molecular weight is 437 g/mol. The number of nitrogens with one attached hydrogen (secondary N) is 1. The molecule has 4 rings (SSSR count). The Morgan fingerprint density at radius 1 is 1.19 bits per heavy atom. The highest BCUT2D eigenvalue weighted by atomic mass is 35.5. The van der Waals surface area contributed by atoms with E-state index in [4.69, 9.17) is 16.3 Å². The van der Waals surface area contributed by atoms with Crippen molar-refractivity contribution in [1.29, 1.82) is 0 Å². The lowest BCUT2D eigenvalue weighted by Gasteiger charge is -2.09. The number of methoxy groups -OCH3 is 1. The molecule has 0 aliphatic rings. The van der Waals surface area contributed by atoms with Crippen LogP contribution in [0.2, 0.25) is 5.02 Å². The molecule has 0 unspecified atom stereocenters. The van der Waals surface area contributed by atoms with Crippen molar-refractivity contribution >= 4 is 28.5 Å². The number of aryl methyl sites for hydroxylation is 1. The fourth-order valence-corrected chi connectivity index (χ4v) is 3.68. The van der Waals surface area contributed by atoms with Crippen molar-refractivity contribution in [1.82, 2.24) is 19.4 Å². The third-order valence-electron chi connectivity index (χ3n) is 5.07. The van der Waals surface area contributed by atoms with Crippen LogP contribution in [0.3, 0.4) is 0 Å². The van der Waals surface area contributed by atoms with E-state index in [-0.39, 0.29) is 24.6 Å². The molecular formula is C23H21ClN4O3.